The van der Waals surface area contributed by atoms with Crippen LogP contribution in [0.15, 0.2) is 24.4 Å². The van der Waals surface area contributed by atoms with Gasteiger partial charge in [0.15, 0.2) is 11.6 Å². The lowest BCUT2D eigenvalue weighted by molar-refractivity contribution is 0.491. The van der Waals surface area contributed by atoms with E-state index in [2.05, 4.69) is 5.10 Å². The van der Waals surface area contributed by atoms with Crippen LogP contribution in [0.1, 0.15) is 16.8 Å². The van der Waals surface area contributed by atoms with Gasteiger partial charge in [0.2, 0.25) is 0 Å². The molecule has 0 radical (unpaired) electrons. The van der Waals surface area contributed by atoms with E-state index in [-0.39, 0.29) is 12.1 Å². The summed E-state index contributed by atoms with van der Waals surface area (Å²) >= 11 is 0. The van der Waals surface area contributed by atoms with Crippen molar-refractivity contribution in [3.8, 4) is 0 Å². The van der Waals surface area contributed by atoms with Crippen LogP contribution >= 0.6 is 0 Å². The molecule has 0 aliphatic carbocycles. The fraction of sp³-hybridized carbons (Fsp3) is 0.250. The number of aryl methyl sites for hydroxylation is 1. The number of hydrogen-bond acceptors (Lipinski definition) is 2. The van der Waals surface area contributed by atoms with Crippen molar-refractivity contribution in [3.63, 3.8) is 0 Å². The molecule has 2 N–H and O–H groups in total. The number of benzene rings is 1. The predicted molar refractivity (Wildman–Crippen MR) is 60.3 cm³/mol. The third kappa shape index (κ3) is 2.34. The molecule has 1 heterocycles. The zero-order valence-electron chi connectivity index (χ0n) is 9.45. The van der Waals surface area contributed by atoms with Crippen LogP contribution in [0, 0.1) is 18.6 Å². The molecule has 0 fully saturated rings. The molecular formula is C12H13F2N3. The lowest BCUT2D eigenvalue weighted by Gasteiger charge is -2.03. The quantitative estimate of drug-likeness (QED) is 0.887. The van der Waals surface area contributed by atoms with E-state index in [0.717, 1.165) is 17.3 Å². The summed E-state index contributed by atoms with van der Waals surface area (Å²) in [5.41, 5.74) is 7.51. The Bertz CT molecular complexity index is 535. The number of rotatable bonds is 3. The van der Waals surface area contributed by atoms with Crippen LogP contribution < -0.4 is 5.73 Å². The highest BCUT2D eigenvalue weighted by Gasteiger charge is 2.09. The van der Waals surface area contributed by atoms with E-state index in [1.54, 1.807) is 10.9 Å². The van der Waals surface area contributed by atoms with Gasteiger partial charge in [-0.15, -0.1) is 0 Å². The normalized spacial score (nSPS) is 10.8. The molecule has 0 aliphatic heterocycles. The van der Waals surface area contributed by atoms with Crippen molar-refractivity contribution in [2.24, 2.45) is 5.73 Å². The number of aromatic nitrogens is 2. The summed E-state index contributed by atoms with van der Waals surface area (Å²) in [5.74, 6) is -1.67. The van der Waals surface area contributed by atoms with Crippen LogP contribution in [0.5, 0.6) is 0 Å². The largest absolute Gasteiger partial charge is 0.326 e. The van der Waals surface area contributed by atoms with Gasteiger partial charge in [-0.1, -0.05) is 12.1 Å². The fourth-order valence-electron chi connectivity index (χ4n) is 1.69. The smallest absolute Gasteiger partial charge is 0.163 e. The first-order chi connectivity index (χ1) is 8.11. The first-order valence-corrected chi connectivity index (χ1v) is 5.27. The highest BCUT2D eigenvalue weighted by molar-refractivity contribution is 5.21. The van der Waals surface area contributed by atoms with Gasteiger partial charge in [0.25, 0.3) is 0 Å². The molecule has 17 heavy (non-hydrogen) atoms. The maximum Gasteiger partial charge on any atom is 0.163 e. The van der Waals surface area contributed by atoms with Crippen LogP contribution in [0.25, 0.3) is 0 Å². The molecule has 0 spiro atoms. The maximum atomic E-state index is 13.4. The zero-order valence-corrected chi connectivity index (χ0v) is 9.45. The van der Waals surface area contributed by atoms with Crippen molar-refractivity contribution in [3.05, 3.63) is 52.9 Å². The minimum absolute atomic E-state index is 0.199. The second-order valence-electron chi connectivity index (χ2n) is 3.85. The lowest BCUT2D eigenvalue weighted by Crippen LogP contribution is -2.04. The molecule has 2 aromatic rings. The van der Waals surface area contributed by atoms with E-state index < -0.39 is 11.6 Å². The average molecular weight is 237 g/mol. The minimum Gasteiger partial charge on any atom is -0.326 e. The summed E-state index contributed by atoms with van der Waals surface area (Å²) in [4.78, 5) is 0. The Morgan fingerprint density at radius 3 is 2.71 bits per heavy atom. The molecular weight excluding hydrogens is 224 g/mol. The Morgan fingerprint density at radius 1 is 1.29 bits per heavy atom. The van der Waals surface area contributed by atoms with Crippen LogP contribution in [0.3, 0.4) is 0 Å². The highest BCUT2D eigenvalue weighted by atomic mass is 19.2. The molecule has 0 saturated carbocycles. The van der Waals surface area contributed by atoms with Crippen LogP contribution in [0.2, 0.25) is 0 Å². The van der Waals surface area contributed by atoms with Crippen LogP contribution in [0.4, 0.5) is 8.78 Å². The molecule has 0 aliphatic rings. The highest BCUT2D eigenvalue weighted by Crippen LogP contribution is 2.13. The summed E-state index contributed by atoms with van der Waals surface area (Å²) in [7, 11) is 0. The monoisotopic (exact) mass is 237 g/mol. The molecule has 0 amide bonds. The molecule has 1 aromatic heterocycles. The third-order valence-corrected chi connectivity index (χ3v) is 2.63. The topological polar surface area (TPSA) is 43.8 Å². The van der Waals surface area contributed by atoms with E-state index in [9.17, 15) is 8.78 Å². The third-order valence-electron chi connectivity index (χ3n) is 2.63. The van der Waals surface area contributed by atoms with E-state index in [4.69, 9.17) is 5.73 Å². The van der Waals surface area contributed by atoms with E-state index in [0.29, 0.717) is 6.54 Å². The van der Waals surface area contributed by atoms with Crippen molar-refractivity contribution in [1.29, 1.82) is 0 Å². The number of nitrogens with zero attached hydrogens (tertiary/aromatic N) is 2. The Hall–Kier alpha value is -1.75. The summed E-state index contributed by atoms with van der Waals surface area (Å²) in [5, 5.41) is 4.20. The van der Waals surface area contributed by atoms with Gasteiger partial charge in [-0.2, -0.15) is 5.10 Å². The van der Waals surface area contributed by atoms with Crippen LogP contribution in [-0.2, 0) is 13.1 Å². The fourth-order valence-corrected chi connectivity index (χ4v) is 1.69. The Labute approximate surface area is 97.9 Å². The van der Waals surface area contributed by atoms with Crippen molar-refractivity contribution in [2.45, 2.75) is 20.0 Å². The summed E-state index contributed by atoms with van der Waals surface area (Å²) in [6, 6.07) is 4.12. The van der Waals surface area contributed by atoms with Crippen molar-refractivity contribution in [1.82, 2.24) is 9.78 Å². The van der Waals surface area contributed by atoms with Gasteiger partial charge in [-0.3, -0.25) is 4.68 Å². The second-order valence-corrected chi connectivity index (χ2v) is 3.85. The first kappa shape index (κ1) is 11.7. The molecule has 0 atom stereocenters. The summed E-state index contributed by atoms with van der Waals surface area (Å²) in [6.45, 7) is 2.42. The van der Waals surface area contributed by atoms with Gasteiger partial charge in [0.1, 0.15) is 0 Å². The number of halogens is 2. The molecule has 0 unspecified atom stereocenters. The van der Waals surface area contributed by atoms with Gasteiger partial charge >= 0.3 is 0 Å². The molecule has 3 nitrogen and oxygen atoms in total. The number of hydrogen-bond donors (Lipinski definition) is 1. The molecule has 1 aromatic carbocycles. The van der Waals surface area contributed by atoms with Gasteiger partial charge in [-0.05, 0) is 13.0 Å². The molecule has 2 rings (SSSR count). The molecule has 0 saturated heterocycles. The van der Waals surface area contributed by atoms with Gasteiger partial charge < -0.3 is 5.73 Å². The number of nitrogens with two attached hydrogens (primary N) is 1. The summed E-state index contributed by atoms with van der Waals surface area (Å²) in [6.07, 6.45) is 1.75. The van der Waals surface area contributed by atoms with Gasteiger partial charge in [0.05, 0.1) is 12.2 Å². The SMILES string of the molecule is Cc1nn(Cc2cccc(F)c2F)cc1CN. The maximum absolute atomic E-state index is 13.4. The molecule has 0 bridgehead atoms. The van der Waals surface area contributed by atoms with Gasteiger partial charge in [0, 0.05) is 23.9 Å². The van der Waals surface area contributed by atoms with Crippen molar-refractivity contribution >= 4 is 0 Å². The average Bonchev–Trinajstić information content (AvgIpc) is 2.65. The molecule has 5 heteroatoms. The van der Waals surface area contributed by atoms with E-state index >= 15 is 0 Å². The van der Waals surface area contributed by atoms with E-state index in [1.165, 1.54) is 12.1 Å². The Kier molecular flexibility index (Phi) is 3.19. The second kappa shape index (κ2) is 4.63. The summed E-state index contributed by atoms with van der Waals surface area (Å²) < 4.78 is 28.0. The van der Waals surface area contributed by atoms with E-state index in [1.807, 2.05) is 6.92 Å². The van der Waals surface area contributed by atoms with Crippen molar-refractivity contribution < 1.29 is 8.78 Å². The Balaban J connectivity index is 2.28. The lowest BCUT2D eigenvalue weighted by atomic mass is 10.2. The van der Waals surface area contributed by atoms with Crippen molar-refractivity contribution in [2.75, 3.05) is 0 Å². The standard InChI is InChI=1S/C12H13F2N3/c1-8-10(5-15)7-17(16-8)6-9-3-2-4-11(13)12(9)14/h2-4,7H,5-6,15H2,1H3. The zero-order chi connectivity index (χ0) is 12.4. The first-order valence-electron chi connectivity index (χ1n) is 5.27. The van der Waals surface area contributed by atoms with Crippen LogP contribution in [-0.4, -0.2) is 9.78 Å². The Morgan fingerprint density at radius 2 is 2.06 bits per heavy atom. The van der Waals surface area contributed by atoms with Gasteiger partial charge in [-0.25, -0.2) is 8.78 Å². The molecule has 90 valence electrons. The predicted octanol–water partition coefficient (Wildman–Crippen LogP) is 1.98. The minimum atomic E-state index is -0.842.